The van der Waals surface area contributed by atoms with Crippen molar-refractivity contribution < 1.29 is 17.9 Å². The summed E-state index contributed by atoms with van der Waals surface area (Å²) >= 11 is 0. The Bertz CT molecular complexity index is 1310. The van der Waals surface area contributed by atoms with Gasteiger partial charge in [-0.25, -0.2) is 17.2 Å². The zero-order chi connectivity index (χ0) is 21.5. The number of aromatic nitrogens is 1. The summed E-state index contributed by atoms with van der Waals surface area (Å²) in [4.78, 5) is 11.6. The molecule has 1 heterocycles. The second kappa shape index (κ2) is 7.47. The van der Waals surface area contributed by atoms with Gasteiger partial charge in [0.15, 0.2) is 0 Å². The van der Waals surface area contributed by atoms with Crippen LogP contribution in [0.15, 0.2) is 65.7 Å². The highest BCUT2D eigenvalue weighted by Crippen LogP contribution is 2.51. The third-order valence-electron chi connectivity index (χ3n) is 5.43. The topological polar surface area (TPSA) is 89.2 Å². The second-order valence-electron chi connectivity index (χ2n) is 7.43. The molecule has 0 saturated heterocycles. The molecule has 0 spiro atoms. The van der Waals surface area contributed by atoms with E-state index in [9.17, 15) is 18.5 Å². The minimum absolute atomic E-state index is 0.0804. The number of methoxy groups -OCH3 is 1. The molecule has 2 aromatic carbocycles. The van der Waals surface area contributed by atoms with Gasteiger partial charge in [0.1, 0.15) is 0 Å². The van der Waals surface area contributed by atoms with Crippen molar-refractivity contribution in [2.24, 2.45) is 5.92 Å². The number of carbonyl (C=O) groups is 1. The van der Waals surface area contributed by atoms with Gasteiger partial charge in [-0.05, 0) is 61.1 Å². The molecule has 0 radical (unpaired) electrons. The fraction of sp³-hybridized carbons (Fsp3) is 0.217. The van der Waals surface area contributed by atoms with Crippen LogP contribution in [0.4, 0.5) is 0 Å². The molecular formula is C23H20N2O4S. The first-order valence-electron chi connectivity index (χ1n) is 9.48. The number of fused-ring (bicyclic) bond motifs is 1. The molecule has 0 N–H and O–H groups in total. The zero-order valence-corrected chi connectivity index (χ0v) is 17.4. The third-order valence-corrected chi connectivity index (χ3v) is 7.12. The van der Waals surface area contributed by atoms with Crippen LogP contribution >= 0.6 is 0 Å². The Morgan fingerprint density at radius 2 is 1.97 bits per heavy atom. The number of ether oxygens (including phenoxy) is 1. The molecule has 1 aliphatic rings. The highest BCUT2D eigenvalue weighted by molar-refractivity contribution is 7.90. The van der Waals surface area contributed by atoms with Crippen molar-refractivity contribution in [1.82, 2.24) is 3.97 Å². The van der Waals surface area contributed by atoms with Crippen LogP contribution in [0.25, 0.3) is 10.9 Å². The minimum Gasteiger partial charge on any atom is -0.466 e. The van der Waals surface area contributed by atoms with E-state index < -0.39 is 16.0 Å². The fourth-order valence-corrected chi connectivity index (χ4v) is 5.05. The Kier molecular flexibility index (Phi) is 4.96. The molecule has 6 nitrogen and oxygen atoms in total. The summed E-state index contributed by atoms with van der Waals surface area (Å²) < 4.78 is 32.6. The van der Waals surface area contributed by atoms with Gasteiger partial charge < -0.3 is 4.74 Å². The summed E-state index contributed by atoms with van der Waals surface area (Å²) in [6.45, 7) is 1.90. The molecular weight excluding hydrogens is 400 g/mol. The zero-order valence-electron chi connectivity index (χ0n) is 16.6. The molecule has 0 bridgehead atoms. The number of hydrogen-bond donors (Lipinski definition) is 0. The Hall–Kier alpha value is -3.37. The number of rotatable bonds is 5. The van der Waals surface area contributed by atoms with Crippen molar-refractivity contribution >= 4 is 26.9 Å². The van der Waals surface area contributed by atoms with E-state index in [2.05, 4.69) is 10.8 Å². The predicted molar refractivity (Wildman–Crippen MR) is 112 cm³/mol. The van der Waals surface area contributed by atoms with E-state index in [-0.39, 0.29) is 16.7 Å². The standard InChI is InChI=1S/C23H20N2O4S/c1-15-3-7-18(8-4-15)30(27,28)25-14-21(19-12-17(19)6-10-23(26)29-2)20-11-16(13-24)5-9-22(20)25/h3-11,14,17,19H,12H2,1-2H3/t17-,19+/m1/s1. The van der Waals surface area contributed by atoms with Crippen molar-refractivity contribution in [3.8, 4) is 6.07 Å². The average molecular weight is 420 g/mol. The Balaban J connectivity index is 1.81. The molecule has 1 saturated carbocycles. The first kappa shape index (κ1) is 19.9. The quantitative estimate of drug-likeness (QED) is 0.461. The van der Waals surface area contributed by atoms with Crippen LogP contribution in [-0.2, 0) is 19.6 Å². The van der Waals surface area contributed by atoms with Crippen molar-refractivity contribution in [2.45, 2.75) is 24.2 Å². The van der Waals surface area contributed by atoms with E-state index in [0.717, 1.165) is 22.9 Å². The lowest BCUT2D eigenvalue weighted by molar-refractivity contribution is -0.134. The molecule has 0 amide bonds. The Morgan fingerprint density at radius 1 is 1.23 bits per heavy atom. The van der Waals surface area contributed by atoms with Crippen molar-refractivity contribution in [2.75, 3.05) is 7.11 Å². The largest absolute Gasteiger partial charge is 0.466 e. The smallest absolute Gasteiger partial charge is 0.330 e. The molecule has 30 heavy (non-hydrogen) atoms. The lowest BCUT2D eigenvalue weighted by atomic mass is 10.1. The molecule has 1 aliphatic carbocycles. The summed E-state index contributed by atoms with van der Waals surface area (Å²) in [6.07, 6.45) is 5.64. The molecule has 3 aromatic rings. The number of esters is 1. The van der Waals surface area contributed by atoms with Gasteiger partial charge >= 0.3 is 5.97 Å². The number of allylic oxidation sites excluding steroid dienone is 1. The van der Waals surface area contributed by atoms with Crippen molar-refractivity contribution in [3.63, 3.8) is 0 Å². The van der Waals surface area contributed by atoms with Crippen LogP contribution in [0.1, 0.15) is 29.0 Å². The average Bonchev–Trinajstić information content (AvgIpc) is 3.42. The number of carbonyl (C=O) groups excluding carboxylic acids is 1. The second-order valence-corrected chi connectivity index (χ2v) is 9.25. The van der Waals surface area contributed by atoms with Crippen LogP contribution < -0.4 is 0 Å². The van der Waals surface area contributed by atoms with E-state index in [0.29, 0.717) is 11.1 Å². The molecule has 0 unspecified atom stereocenters. The summed E-state index contributed by atoms with van der Waals surface area (Å²) in [5, 5.41) is 10.0. The van der Waals surface area contributed by atoms with Gasteiger partial charge in [0.2, 0.25) is 0 Å². The first-order chi connectivity index (χ1) is 14.3. The van der Waals surface area contributed by atoms with Crippen LogP contribution in [0.3, 0.4) is 0 Å². The van der Waals surface area contributed by atoms with Crippen LogP contribution in [0.5, 0.6) is 0 Å². The van der Waals surface area contributed by atoms with E-state index in [1.54, 1.807) is 54.7 Å². The number of aryl methyl sites for hydroxylation is 1. The fourth-order valence-electron chi connectivity index (χ4n) is 3.67. The summed E-state index contributed by atoms with van der Waals surface area (Å²) in [5.41, 5.74) is 2.84. The van der Waals surface area contributed by atoms with Gasteiger partial charge in [-0.2, -0.15) is 5.26 Å². The monoisotopic (exact) mass is 420 g/mol. The maximum Gasteiger partial charge on any atom is 0.330 e. The van der Waals surface area contributed by atoms with Gasteiger partial charge in [0.05, 0.1) is 29.2 Å². The number of hydrogen-bond acceptors (Lipinski definition) is 5. The maximum atomic E-state index is 13.3. The van der Waals surface area contributed by atoms with E-state index >= 15 is 0 Å². The SMILES string of the molecule is COC(=O)C=C[C@@H]1C[C@@H]1c1cn(S(=O)(=O)c2ccc(C)cc2)c2ccc(C#N)cc12. The number of benzene rings is 2. The molecule has 0 aliphatic heterocycles. The number of nitriles is 1. The minimum atomic E-state index is -3.79. The molecule has 2 atom stereocenters. The normalized spacial score (nSPS) is 18.4. The van der Waals surface area contributed by atoms with Gasteiger partial charge in [-0.3, -0.25) is 0 Å². The lowest BCUT2D eigenvalue weighted by Crippen LogP contribution is -2.11. The van der Waals surface area contributed by atoms with Gasteiger partial charge in [0.25, 0.3) is 10.0 Å². The summed E-state index contributed by atoms with van der Waals surface area (Å²) in [7, 11) is -2.47. The predicted octanol–water partition coefficient (Wildman–Crippen LogP) is 3.89. The third kappa shape index (κ3) is 3.51. The molecule has 152 valence electrons. The van der Waals surface area contributed by atoms with Crippen LogP contribution in [0, 0.1) is 24.2 Å². The van der Waals surface area contributed by atoms with Crippen molar-refractivity contribution in [1.29, 1.82) is 5.26 Å². The van der Waals surface area contributed by atoms with Gasteiger partial charge in [-0.1, -0.05) is 23.8 Å². The number of nitrogens with zero attached hydrogens (tertiary/aromatic N) is 2. The summed E-state index contributed by atoms with van der Waals surface area (Å²) in [5.74, 6) is -0.218. The van der Waals surface area contributed by atoms with Crippen LogP contribution in [0.2, 0.25) is 0 Å². The van der Waals surface area contributed by atoms with Gasteiger partial charge in [0, 0.05) is 17.7 Å². The lowest BCUT2D eigenvalue weighted by Gasteiger charge is -2.08. The van der Waals surface area contributed by atoms with Crippen LogP contribution in [-0.4, -0.2) is 25.5 Å². The highest BCUT2D eigenvalue weighted by Gasteiger charge is 2.39. The summed E-state index contributed by atoms with van der Waals surface area (Å²) in [6, 6.07) is 13.9. The molecule has 1 aromatic heterocycles. The first-order valence-corrected chi connectivity index (χ1v) is 10.9. The molecule has 4 rings (SSSR count). The van der Waals surface area contributed by atoms with E-state index in [1.807, 2.05) is 6.92 Å². The molecule has 7 heteroatoms. The highest BCUT2D eigenvalue weighted by atomic mass is 32.2. The van der Waals surface area contributed by atoms with E-state index in [4.69, 9.17) is 0 Å². The maximum absolute atomic E-state index is 13.3. The van der Waals surface area contributed by atoms with E-state index in [1.165, 1.54) is 17.2 Å². The Morgan fingerprint density at radius 3 is 2.63 bits per heavy atom. The van der Waals surface area contributed by atoms with Gasteiger partial charge in [-0.15, -0.1) is 0 Å². The Labute approximate surface area is 175 Å². The van der Waals surface area contributed by atoms with Crippen molar-refractivity contribution in [3.05, 3.63) is 77.5 Å². The molecule has 1 fully saturated rings.